The highest BCUT2D eigenvalue weighted by atomic mass is 31.3. The smallest absolute Gasteiger partial charge is 0.462 e. The Morgan fingerprint density at radius 3 is 2.37 bits per heavy atom. The molecule has 274 valence electrons. The first-order valence-electron chi connectivity index (χ1n) is 14.5. The number of anilines is 1. The summed E-state index contributed by atoms with van der Waals surface area (Å²) in [5.74, 6) is -3.71. The molecule has 0 aliphatic carbocycles. The van der Waals surface area contributed by atoms with Gasteiger partial charge in [-0.25, -0.2) is 28.5 Å². The first-order valence-corrected chi connectivity index (χ1v) is 17.5. The van der Waals surface area contributed by atoms with Crippen LogP contribution in [-0.4, -0.2) is 109 Å². The average Bonchev–Trinajstić information content (AvgIpc) is 3.54. The van der Waals surface area contributed by atoms with Crippen LogP contribution in [0.3, 0.4) is 0 Å². The number of nitrogens with two attached hydrogens (primary N) is 1. The first-order chi connectivity index (χ1) is 22.8. The molecule has 5 unspecified atom stereocenters. The molecule has 12 atom stereocenters. The lowest BCUT2D eigenvalue weighted by molar-refractivity contribution is -0.270. The molecule has 4 heterocycles. The highest BCUT2D eigenvalue weighted by Crippen LogP contribution is 2.62. The van der Waals surface area contributed by atoms with Gasteiger partial charge in [-0.15, -0.1) is 0 Å². The molecule has 0 amide bonds. The molecule has 5 N–H and O–H groups in total. The number of hydrogen-bond acceptors (Lipinski definition) is 18. The van der Waals surface area contributed by atoms with Gasteiger partial charge in [0.15, 0.2) is 36.1 Å². The largest absolute Gasteiger partial charge is 0.483 e. The summed E-state index contributed by atoms with van der Waals surface area (Å²) in [7, 11) is -11.2. The first kappa shape index (κ1) is 38.6. The summed E-state index contributed by atoms with van der Waals surface area (Å²) in [5, 5.41) is 10.4. The zero-order valence-corrected chi connectivity index (χ0v) is 28.4. The van der Waals surface area contributed by atoms with Crippen molar-refractivity contribution in [3.8, 4) is 0 Å². The van der Waals surface area contributed by atoms with Crippen LogP contribution < -0.4 is 5.73 Å². The topological polar surface area (TPSA) is 290 Å². The molecule has 2 aliphatic heterocycles. The van der Waals surface area contributed by atoms with E-state index >= 15 is 4.39 Å². The minimum Gasteiger partial charge on any atom is -0.462 e. The van der Waals surface area contributed by atoms with E-state index in [0.717, 1.165) is 38.0 Å². The summed E-state index contributed by atoms with van der Waals surface area (Å²) in [5.41, 5.74) is 5.93. The van der Waals surface area contributed by atoms with Crippen molar-refractivity contribution < 1.29 is 79.8 Å². The summed E-state index contributed by atoms with van der Waals surface area (Å²) in [6.45, 7) is 4.88. The Kier molecular flexibility index (Phi) is 12.1. The quantitative estimate of drug-likeness (QED) is 0.125. The standard InChI is InChI=1S/C25H36FN5O16P2/c1-10-11(2)21(43-14(5)34)25(45-20(10)16(42-13(4)33)6-40-12(3)32)46-49(38,39)47-48(36,37)41-7-15-19(35)17(26)24(44-15)31-9-30-18-22(27)28-8-29-23(18)31/h8-11,15-17,19-21,24-25,35H,6-7H2,1-5H3,(H,36,37)(H,38,39)(H2,27,28,29)/t10-,11-,15+,16+,17?,19-,20?,21?,24+,25-/m0/s1. The number of phosphoric acid groups is 2. The molecule has 4 rings (SSSR count). The van der Waals surface area contributed by atoms with Crippen molar-refractivity contribution in [2.24, 2.45) is 11.8 Å². The zero-order chi connectivity index (χ0) is 36.4. The number of nitrogen functional groups attached to an aromatic ring is 1. The molecule has 2 saturated heterocycles. The van der Waals surface area contributed by atoms with E-state index in [2.05, 4.69) is 19.3 Å². The number of fused-ring (bicyclic) bond motifs is 1. The van der Waals surface area contributed by atoms with E-state index in [1.807, 2.05) is 0 Å². The SMILES string of the molecule is CC(=O)OC[C@@H](OC(C)=O)C1O[C@@H](OP(=O)(O)OP(=O)(O)OC[C@H]2O[C@@H](n3cnc4c(N)ncnc43)C(F)[C@H]2O)C(OC(C)=O)[C@@H](C)[C@@H]1C. The number of imidazole rings is 1. The third-order valence-electron chi connectivity index (χ3n) is 7.66. The highest BCUT2D eigenvalue weighted by molar-refractivity contribution is 7.61. The Labute approximate surface area is 277 Å². The predicted octanol–water partition coefficient (Wildman–Crippen LogP) is 0.679. The molecule has 24 heteroatoms. The van der Waals surface area contributed by atoms with Crippen LogP contribution in [0.5, 0.6) is 0 Å². The van der Waals surface area contributed by atoms with E-state index in [4.69, 9.17) is 38.5 Å². The van der Waals surface area contributed by atoms with Gasteiger partial charge in [-0.05, 0) is 5.92 Å². The summed E-state index contributed by atoms with van der Waals surface area (Å²) in [6, 6.07) is 0. The number of hydrogen-bond donors (Lipinski definition) is 4. The van der Waals surface area contributed by atoms with Crippen LogP contribution in [0.15, 0.2) is 12.7 Å². The van der Waals surface area contributed by atoms with Gasteiger partial charge in [-0.1, -0.05) is 13.8 Å². The Balaban J connectivity index is 1.45. The van der Waals surface area contributed by atoms with E-state index in [9.17, 15) is 38.4 Å². The number of aliphatic hydroxyl groups excluding tert-OH is 1. The van der Waals surface area contributed by atoms with E-state index in [1.165, 1.54) is 0 Å². The Morgan fingerprint density at radius 1 is 1.04 bits per heavy atom. The molecule has 2 aromatic heterocycles. The van der Waals surface area contributed by atoms with E-state index in [0.29, 0.717) is 0 Å². The number of ether oxygens (including phenoxy) is 5. The fraction of sp³-hybridized carbons (Fsp3) is 0.680. The minimum absolute atomic E-state index is 0.00453. The van der Waals surface area contributed by atoms with Crippen molar-refractivity contribution in [1.29, 1.82) is 0 Å². The summed E-state index contributed by atoms with van der Waals surface area (Å²) < 4.78 is 82.8. The molecule has 49 heavy (non-hydrogen) atoms. The van der Waals surface area contributed by atoms with Gasteiger partial charge in [-0.3, -0.25) is 28.0 Å². The van der Waals surface area contributed by atoms with E-state index < -0.39 is 108 Å². The predicted molar refractivity (Wildman–Crippen MR) is 157 cm³/mol. The molecular weight excluding hydrogens is 707 g/mol. The van der Waals surface area contributed by atoms with Crippen molar-refractivity contribution >= 4 is 50.5 Å². The normalized spacial score (nSPS) is 31.7. The van der Waals surface area contributed by atoms with Crippen molar-refractivity contribution in [3.63, 3.8) is 0 Å². The molecule has 21 nitrogen and oxygen atoms in total. The van der Waals surface area contributed by atoms with Gasteiger partial charge >= 0.3 is 33.6 Å². The zero-order valence-electron chi connectivity index (χ0n) is 26.6. The van der Waals surface area contributed by atoms with Crippen LogP contribution in [0.25, 0.3) is 11.2 Å². The Morgan fingerprint density at radius 2 is 1.73 bits per heavy atom. The van der Waals surface area contributed by atoms with Gasteiger partial charge in [0.25, 0.3) is 0 Å². The fourth-order valence-electron chi connectivity index (χ4n) is 5.27. The third-order valence-corrected chi connectivity index (χ3v) is 10.3. The lowest BCUT2D eigenvalue weighted by Gasteiger charge is -2.45. The maximum absolute atomic E-state index is 15.1. The van der Waals surface area contributed by atoms with Crippen molar-refractivity contribution in [2.45, 2.75) is 83.8 Å². The number of halogens is 1. The van der Waals surface area contributed by atoms with Crippen molar-refractivity contribution in [1.82, 2.24) is 19.5 Å². The highest BCUT2D eigenvalue weighted by Gasteiger charge is 2.52. The monoisotopic (exact) mass is 743 g/mol. The van der Waals surface area contributed by atoms with Crippen LogP contribution in [0.2, 0.25) is 0 Å². The third kappa shape index (κ3) is 9.34. The molecule has 0 radical (unpaired) electrons. The number of rotatable bonds is 13. The van der Waals surface area contributed by atoms with Crippen LogP contribution in [0.1, 0.15) is 40.8 Å². The Bertz CT molecular complexity index is 1630. The molecule has 0 bridgehead atoms. The molecule has 2 aromatic rings. The van der Waals surface area contributed by atoms with Crippen LogP contribution in [0, 0.1) is 11.8 Å². The van der Waals surface area contributed by atoms with E-state index in [-0.39, 0.29) is 17.0 Å². The van der Waals surface area contributed by atoms with E-state index in [1.54, 1.807) is 13.8 Å². The van der Waals surface area contributed by atoms with Crippen molar-refractivity contribution in [3.05, 3.63) is 12.7 Å². The van der Waals surface area contributed by atoms with Gasteiger partial charge < -0.3 is 44.3 Å². The van der Waals surface area contributed by atoms with Crippen LogP contribution >= 0.6 is 15.6 Å². The minimum atomic E-state index is -5.66. The summed E-state index contributed by atoms with van der Waals surface area (Å²) in [4.78, 5) is 67.6. The molecule has 0 saturated carbocycles. The molecular formula is C25H36FN5O16P2. The number of carbonyl (C=O) groups is 3. The summed E-state index contributed by atoms with van der Waals surface area (Å²) in [6.07, 6.45) is -10.8. The number of alkyl halides is 1. The second-order valence-corrected chi connectivity index (χ2v) is 14.2. The Hall–Kier alpha value is -3.17. The van der Waals surface area contributed by atoms with Crippen LogP contribution in [0.4, 0.5) is 10.2 Å². The van der Waals surface area contributed by atoms with Gasteiger partial charge in [-0.2, -0.15) is 4.31 Å². The van der Waals surface area contributed by atoms with Crippen molar-refractivity contribution in [2.75, 3.05) is 18.9 Å². The van der Waals surface area contributed by atoms with Gasteiger partial charge in [0.2, 0.25) is 6.29 Å². The second kappa shape index (κ2) is 15.4. The molecule has 2 fully saturated rings. The fourth-order valence-corrected chi connectivity index (χ4v) is 7.42. The second-order valence-electron chi connectivity index (χ2n) is 11.2. The average molecular weight is 744 g/mol. The van der Waals surface area contributed by atoms with Crippen LogP contribution in [-0.2, 0) is 60.6 Å². The van der Waals surface area contributed by atoms with Gasteiger partial charge in [0, 0.05) is 26.7 Å². The van der Waals surface area contributed by atoms with Gasteiger partial charge in [0.1, 0.15) is 36.8 Å². The maximum Gasteiger partial charge on any atom is 0.483 e. The molecule has 0 aromatic carbocycles. The lowest BCUT2D eigenvalue weighted by Crippen LogP contribution is -2.56. The number of phosphoric ester groups is 2. The maximum atomic E-state index is 15.1. The number of aliphatic hydroxyl groups is 1. The number of esters is 3. The summed E-state index contributed by atoms with van der Waals surface area (Å²) >= 11 is 0. The number of aromatic nitrogens is 4. The molecule has 2 aliphatic rings. The number of carbonyl (C=O) groups excluding carboxylic acids is 3. The lowest BCUT2D eigenvalue weighted by atomic mass is 9.81. The number of nitrogens with zero attached hydrogens (tertiary/aromatic N) is 4. The van der Waals surface area contributed by atoms with Gasteiger partial charge in [0.05, 0.1) is 12.9 Å². The molecule has 0 spiro atoms.